The molecular weight excluding hydrogens is 259 g/mol. The molecule has 1 amide bonds. The van der Waals surface area contributed by atoms with Crippen molar-refractivity contribution in [3.8, 4) is 0 Å². The Morgan fingerprint density at radius 1 is 1.35 bits per heavy atom. The number of carbonyl (C=O) groups excluding carboxylic acids is 1. The molecule has 0 spiro atoms. The Balaban J connectivity index is 2.33. The molecule has 0 saturated carbocycles. The molecule has 0 saturated heterocycles. The van der Waals surface area contributed by atoms with E-state index in [9.17, 15) is 9.18 Å². The minimum Gasteiger partial charge on any atom is -0.360 e. The SMILES string of the molecule is Cc1ccc(F)c(NC(=O)c2c(C)noc2C(C)C)c1. The summed E-state index contributed by atoms with van der Waals surface area (Å²) in [6.07, 6.45) is 0. The van der Waals surface area contributed by atoms with Crippen LogP contribution in [0, 0.1) is 19.7 Å². The summed E-state index contributed by atoms with van der Waals surface area (Å²) in [5.41, 5.74) is 1.90. The summed E-state index contributed by atoms with van der Waals surface area (Å²) in [5.74, 6) is -0.339. The molecule has 0 aliphatic heterocycles. The second-order valence-corrected chi connectivity index (χ2v) is 5.10. The van der Waals surface area contributed by atoms with Gasteiger partial charge < -0.3 is 9.84 Å². The zero-order valence-electron chi connectivity index (χ0n) is 12.0. The first-order valence-corrected chi connectivity index (χ1v) is 6.43. The van der Waals surface area contributed by atoms with Crippen LogP contribution in [0.4, 0.5) is 10.1 Å². The number of halogens is 1. The van der Waals surface area contributed by atoms with Crippen LogP contribution in [-0.4, -0.2) is 11.1 Å². The van der Waals surface area contributed by atoms with Crippen LogP contribution in [0.15, 0.2) is 22.7 Å². The summed E-state index contributed by atoms with van der Waals surface area (Å²) >= 11 is 0. The summed E-state index contributed by atoms with van der Waals surface area (Å²) in [6.45, 7) is 7.34. The lowest BCUT2D eigenvalue weighted by Gasteiger charge is -2.08. The predicted molar refractivity (Wildman–Crippen MR) is 74.4 cm³/mol. The first-order chi connectivity index (χ1) is 9.40. The van der Waals surface area contributed by atoms with Crippen molar-refractivity contribution in [3.63, 3.8) is 0 Å². The zero-order valence-corrected chi connectivity index (χ0v) is 12.0. The highest BCUT2D eigenvalue weighted by atomic mass is 19.1. The number of hydrogen-bond donors (Lipinski definition) is 1. The Bertz CT molecular complexity index is 647. The van der Waals surface area contributed by atoms with E-state index >= 15 is 0 Å². The van der Waals surface area contributed by atoms with Crippen LogP contribution in [0.3, 0.4) is 0 Å². The molecule has 106 valence electrons. The van der Waals surface area contributed by atoms with Crippen molar-refractivity contribution in [2.75, 3.05) is 5.32 Å². The molecule has 1 heterocycles. The van der Waals surface area contributed by atoms with E-state index < -0.39 is 11.7 Å². The largest absolute Gasteiger partial charge is 0.360 e. The Kier molecular flexibility index (Phi) is 3.88. The Hall–Kier alpha value is -2.17. The number of nitrogens with one attached hydrogen (secondary N) is 1. The third-order valence-electron chi connectivity index (χ3n) is 3.01. The van der Waals surface area contributed by atoms with E-state index in [0.29, 0.717) is 17.0 Å². The molecule has 0 unspecified atom stereocenters. The van der Waals surface area contributed by atoms with Gasteiger partial charge in [-0.2, -0.15) is 0 Å². The molecule has 0 fully saturated rings. The van der Waals surface area contributed by atoms with E-state index in [-0.39, 0.29) is 11.6 Å². The van der Waals surface area contributed by atoms with Crippen LogP contribution in [0.5, 0.6) is 0 Å². The third kappa shape index (κ3) is 2.71. The number of carbonyl (C=O) groups is 1. The maximum atomic E-state index is 13.7. The van der Waals surface area contributed by atoms with Crippen LogP contribution >= 0.6 is 0 Å². The van der Waals surface area contributed by atoms with Crippen molar-refractivity contribution in [2.45, 2.75) is 33.6 Å². The first kappa shape index (κ1) is 14.2. The second kappa shape index (κ2) is 5.45. The molecule has 20 heavy (non-hydrogen) atoms. The van der Waals surface area contributed by atoms with E-state index in [4.69, 9.17) is 4.52 Å². The lowest BCUT2D eigenvalue weighted by atomic mass is 10.0. The number of nitrogens with zero attached hydrogens (tertiary/aromatic N) is 1. The van der Waals surface area contributed by atoms with Gasteiger partial charge >= 0.3 is 0 Å². The number of aryl methyl sites for hydroxylation is 2. The summed E-state index contributed by atoms with van der Waals surface area (Å²) < 4.78 is 18.8. The third-order valence-corrected chi connectivity index (χ3v) is 3.01. The number of rotatable bonds is 3. The molecule has 0 aliphatic carbocycles. The molecule has 2 rings (SSSR count). The van der Waals surface area contributed by atoms with Gasteiger partial charge in [0.15, 0.2) is 5.76 Å². The summed E-state index contributed by atoms with van der Waals surface area (Å²) in [7, 11) is 0. The molecular formula is C15H17FN2O2. The van der Waals surface area contributed by atoms with Gasteiger partial charge in [-0.15, -0.1) is 0 Å². The fraction of sp³-hybridized carbons (Fsp3) is 0.333. The van der Waals surface area contributed by atoms with E-state index in [2.05, 4.69) is 10.5 Å². The van der Waals surface area contributed by atoms with Crippen molar-refractivity contribution in [1.82, 2.24) is 5.16 Å². The van der Waals surface area contributed by atoms with Gasteiger partial charge in [-0.1, -0.05) is 25.1 Å². The van der Waals surface area contributed by atoms with Crippen LogP contribution in [0.1, 0.15) is 47.1 Å². The van der Waals surface area contributed by atoms with Gasteiger partial charge in [-0.3, -0.25) is 4.79 Å². The summed E-state index contributed by atoms with van der Waals surface area (Å²) in [6, 6.07) is 4.56. The molecule has 0 aliphatic rings. The topological polar surface area (TPSA) is 55.1 Å². The minimum absolute atomic E-state index is 0.0271. The van der Waals surface area contributed by atoms with Gasteiger partial charge in [-0.25, -0.2) is 4.39 Å². The highest BCUT2D eigenvalue weighted by molar-refractivity contribution is 6.05. The van der Waals surface area contributed by atoms with Gasteiger partial charge in [-0.05, 0) is 31.5 Å². The van der Waals surface area contributed by atoms with Crippen molar-refractivity contribution < 1.29 is 13.7 Å². The van der Waals surface area contributed by atoms with Crippen molar-refractivity contribution >= 4 is 11.6 Å². The predicted octanol–water partition coefficient (Wildman–Crippen LogP) is 3.81. The van der Waals surface area contributed by atoms with Crippen LogP contribution in [-0.2, 0) is 0 Å². The zero-order chi connectivity index (χ0) is 14.9. The molecule has 1 N–H and O–H groups in total. The normalized spacial score (nSPS) is 10.9. The maximum absolute atomic E-state index is 13.7. The van der Waals surface area contributed by atoms with E-state index in [1.54, 1.807) is 19.1 Å². The molecule has 1 aromatic carbocycles. The lowest BCUT2D eigenvalue weighted by molar-refractivity contribution is 0.102. The standard InChI is InChI=1S/C15H17FN2O2/c1-8(2)14-13(10(4)18-20-14)15(19)17-12-7-9(3)5-6-11(12)16/h5-8H,1-4H3,(H,17,19). The Morgan fingerprint density at radius 2 is 2.05 bits per heavy atom. The van der Waals surface area contributed by atoms with Gasteiger partial charge in [0.05, 0.1) is 11.4 Å². The van der Waals surface area contributed by atoms with Crippen LogP contribution < -0.4 is 5.32 Å². The second-order valence-electron chi connectivity index (χ2n) is 5.10. The maximum Gasteiger partial charge on any atom is 0.261 e. The Labute approximate surface area is 117 Å². The number of amides is 1. The highest BCUT2D eigenvalue weighted by Crippen LogP contribution is 2.24. The molecule has 2 aromatic rings. The molecule has 0 bridgehead atoms. The van der Waals surface area contributed by atoms with E-state index in [1.165, 1.54) is 6.07 Å². The monoisotopic (exact) mass is 276 g/mol. The first-order valence-electron chi connectivity index (χ1n) is 6.43. The minimum atomic E-state index is -0.468. The van der Waals surface area contributed by atoms with Gasteiger partial charge in [0, 0.05) is 5.92 Å². The van der Waals surface area contributed by atoms with Crippen molar-refractivity contribution in [1.29, 1.82) is 0 Å². The molecule has 0 atom stereocenters. The fourth-order valence-electron chi connectivity index (χ4n) is 1.98. The van der Waals surface area contributed by atoms with Crippen molar-refractivity contribution in [3.05, 3.63) is 46.6 Å². The molecule has 4 nitrogen and oxygen atoms in total. The number of aromatic nitrogens is 1. The summed E-state index contributed by atoms with van der Waals surface area (Å²) in [4.78, 5) is 12.3. The van der Waals surface area contributed by atoms with Crippen LogP contribution in [0.2, 0.25) is 0 Å². The number of benzene rings is 1. The van der Waals surface area contributed by atoms with Gasteiger partial charge in [0.2, 0.25) is 0 Å². The average Bonchev–Trinajstić information content (AvgIpc) is 2.76. The van der Waals surface area contributed by atoms with Gasteiger partial charge in [0.1, 0.15) is 11.4 Å². The van der Waals surface area contributed by atoms with Crippen molar-refractivity contribution in [2.24, 2.45) is 0 Å². The highest BCUT2D eigenvalue weighted by Gasteiger charge is 2.23. The van der Waals surface area contributed by atoms with E-state index in [0.717, 1.165) is 5.56 Å². The lowest BCUT2D eigenvalue weighted by Crippen LogP contribution is -2.15. The quantitative estimate of drug-likeness (QED) is 0.927. The Morgan fingerprint density at radius 3 is 2.70 bits per heavy atom. The average molecular weight is 276 g/mol. The van der Waals surface area contributed by atoms with Gasteiger partial charge in [0.25, 0.3) is 5.91 Å². The fourth-order valence-corrected chi connectivity index (χ4v) is 1.98. The molecule has 5 heteroatoms. The number of anilines is 1. The summed E-state index contributed by atoms with van der Waals surface area (Å²) in [5, 5.41) is 6.39. The van der Waals surface area contributed by atoms with E-state index in [1.807, 2.05) is 20.8 Å². The molecule has 1 aromatic heterocycles. The molecule has 0 radical (unpaired) electrons. The number of hydrogen-bond acceptors (Lipinski definition) is 3. The smallest absolute Gasteiger partial charge is 0.261 e. The van der Waals surface area contributed by atoms with Crippen LogP contribution in [0.25, 0.3) is 0 Å².